The van der Waals surface area contributed by atoms with Crippen LogP contribution in [-0.2, 0) is 28.7 Å². The molecule has 4 fully saturated rings. The lowest BCUT2D eigenvalue weighted by Gasteiger charge is -2.36. The fourth-order valence-electron chi connectivity index (χ4n) is 11.0. The maximum absolute atomic E-state index is 14.6. The van der Waals surface area contributed by atoms with Gasteiger partial charge in [-0.25, -0.2) is 9.59 Å². The number of hydrogen-bond donors (Lipinski definition) is 5. The zero-order valence-electron chi connectivity index (χ0n) is 34.7. The monoisotopic (exact) mass is 829 g/mol. The van der Waals surface area contributed by atoms with E-state index in [-0.39, 0.29) is 23.7 Å². The summed E-state index contributed by atoms with van der Waals surface area (Å²) in [6, 6.07) is 26.0. The zero-order chi connectivity index (χ0) is 42.6. The van der Waals surface area contributed by atoms with Gasteiger partial charge in [-0.2, -0.15) is 0 Å². The van der Waals surface area contributed by atoms with Gasteiger partial charge in [0.25, 0.3) is 0 Å². The van der Waals surface area contributed by atoms with Crippen LogP contribution in [0.15, 0.2) is 84.9 Å². The summed E-state index contributed by atoms with van der Waals surface area (Å²) in [7, 11) is 3.67. The quantitative estimate of drug-likeness (QED) is 0.0618. The Morgan fingerprint density at radius 1 is 0.492 bits per heavy atom. The van der Waals surface area contributed by atoms with E-state index in [9.17, 15) is 28.8 Å². The van der Waals surface area contributed by atoms with Gasteiger partial charge in [-0.15, -0.1) is 0 Å². The molecular formula is C48H55N5O8. The highest BCUT2D eigenvalue weighted by Crippen LogP contribution is 2.56. The van der Waals surface area contributed by atoms with Crippen LogP contribution >= 0.6 is 0 Å². The number of hydrogen-bond acceptors (Lipinski definition) is 10. The van der Waals surface area contributed by atoms with E-state index in [0.29, 0.717) is 75.8 Å². The van der Waals surface area contributed by atoms with E-state index in [1.54, 1.807) is 24.3 Å². The molecule has 0 saturated heterocycles. The van der Waals surface area contributed by atoms with Crippen molar-refractivity contribution < 1.29 is 38.2 Å². The summed E-state index contributed by atoms with van der Waals surface area (Å²) in [6.07, 6.45) is 1.88. The minimum Gasteiger partial charge on any atom is -0.458 e. The number of fused-ring (bicyclic) bond motifs is 6. The highest BCUT2D eigenvalue weighted by molar-refractivity contribution is 6.06. The molecule has 4 aromatic rings. The Labute approximate surface area is 355 Å². The van der Waals surface area contributed by atoms with Gasteiger partial charge in [-0.1, -0.05) is 72.8 Å². The van der Waals surface area contributed by atoms with E-state index < -0.39 is 71.5 Å². The van der Waals surface area contributed by atoms with Gasteiger partial charge in [0.1, 0.15) is 12.2 Å². The van der Waals surface area contributed by atoms with Crippen LogP contribution < -0.4 is 26.6 Å². The molecule has 0 aliphatic heterocycles. The maximum atomic E-state index is 14.6. The van der Waals surface area contributed by atoms with E-state index in [0.717, 1.165) is 21.5 Å². The number of benzene rings is 4. The van der Waals surface area contributed by atoms with Crippen molar-refractivity contribution in [1.29, 1.82) is 0 Å². The largest absolute Gasteiger partial charge is 0.458 e. The summed E-state index contributed by atoms with van der Waals surface area (Å²) in [4.78, 5) is 84.5. The van der Waals surface area contributed by atoms with Gasteiger partial charge in [-0.05, 0) is 111 Å². The molecule has 5 N–H and O–H groups in total. The Kier molecular flexibility index (Phi) is 12.8. The van der Waals surface area contributed by atoms with Crippen LogP contribution in [0.1, 0.15) is 59.2 Å². The molecule has 4 aliphatic carbocycles. The molecule has 8 rings (SSSR count). The fourth-order valence-corrected chi connectivity index (χ4v) is 11.0. The van der Waals surface area contributed by atoms with E-state index in [2.05, 4.69) is 26.6 Å². The summed E-state index contributed by atoms with van der Waals surface area (Å²) in [6.45, 7) is 2.23. The predicted octanol–water partition coefficient (Wildman–Crippen LogP) is 4.38. The Morgan fingerprint density at radius 3 is 1.33 bits per heavy atom. The SMILES string of the molecule is CNCCCNC(=O)C1C2CC(OC(=O)c3cccc4ccccc34)C(C2)C1C(=O)NC(=O)C1C2CC(CC2OC(=O)c2cccc3ccccc23)C1C(=O)NCCCNC. The third kappa shape index (κ3) is 8.50. The summed E-state index contributed by atoms with van der Waals surface area (Å²) in [5.74, 6) is -7.70. The van der Waals surface area contributed by atoms with Gasteiger partial charge in [0.05, 0.1) is 34.8 Å². The molecule has 4 bridgehead atoms. The number of carbonyl (C=O) groups excluding carboxylic acids is 6. The molecule has 4 amide bonds. The van der Waals surface area contributed by atoms with Crippen molar-refractivity contribution in [3.8, 4) is 0 Å². The van der Waals surface area contributed by atoms with Gasteiger partial charge in [0, 0.05) is 24.9 Å². The predicted molar refractivity (Wildman–Crippen MR) is 229 cm³/mol. The molecule has 0 heterocycles. The molecule has 4 aromatic carbocycles. The van der Waals surface area contributed by atoms with Crippen molar-refractivity contribution in [1.82, 2.24) is 26.6 Å². The summed E-state index contributed by atoms with van der Waals surface area (Å²) >= 11 is 0. The van der Waals surface area contributed by atoms with Crippen LogP contribution in [0.4, 0.5) is 0 Å². The average molecular weight is 830 g/mol. The normalized spacial score (nSPS) is 27.2. The van der Waals surface area contributed by atoms with Gasteiger partial charge in [0.2, 0.25) is 23.6 Å². The lowest BCUT2D eigenvalue weighted by Crippen LogP contribution is -2.53. The summed E-state index contributed by atoms with van der Waals surface area (Å²) < 4.78 is 12.3. The highest BCUT2D eigenvalue weighted by Gasteiger charge is 2.62. The van der Waals surface area contributed by atoms with Gasteiger partial charge in [-0.3, -0.25) is 24.5 Å². The van der Waals surface area contributed by atoms with E-state index >= 15 is 0 Å². The van der Waals surface area contributed by atoms with E-state index in [1.807, 2.05) is 74.8 Å². The fraction of sp³-hybridized carbons (Fsp3) is 0.458. The van der Waals surface area contributed by atoms with Crippen LogP contribution in [0.5, 0.6) is 0 Å². The van der Waals surface area contributed by atoms with Crippen molar-refractivity contribution in [2.45, 2.75) is 50.7 Å². The molecule has 4 saturated carbocycles. The molecule has 10 atom stereocenters. The molecule has 0 aromatic heterocycles. The van der Waals surface area contributed by atoms with Crippen LogP contribution in [0.3, 0.4) is 0 Å². The average Bonchev–Trinajstić information content (AvgIpc) is 4.06. The van der Waals surface area contributed by atoms with Crippen molar-refractivity contribution >= 4 is 57.1 Å². The number of rotatable bonds is 16. The van der Waals surface area contributed by atoms with Crippen LogP contribution in [0, 0.1) is 47.3 Å². The lowest BCUT2D eigenvalue weighted by atomic mass is 9.75. The number of carbonyl (C=O) groups is 6. The molecule has 61 heavy (non-hydrogen) atoms. The van der Waals surface area contributed by atoms with Crippen molar-refractivity contribution in [3.63, 3.8) is 0 Å². The second-order valence-corrected chi connectivity index (χ2v) is 17.2. The standard InChI is InChI=1S/C48H55N5O8/c1-49-19-9-21-51-43(54)39-29-23-35(37(25-29)60-47(58)33-17-7-13-27-11-3-5-15-31(27)33)41(39)45(56)53-46(57)42-36-24-30(40(42)44(55)52-22-10-20-50-2)26-38(36)61-48(59)34-18-8-14-28-12-4-6-16-32(28)34/h3-8,11-18,29-30,35-42,49-50H,9-10,19-26H2,1-2H3,(H,51,54)(H,52,55)(H,53,56,57). The van der Waals surface area contributed by atoms with Crippen LogP contribution in [0.25, 0.3) is 21.5 Å². The maximum Gasteiger partial charge on any atom is 0.339 e. The molecule has 13 heteroatoms. The number of nitrogens with one attached hydrogen (secondary N) is 5. The molecular weight excluding hydrogens is 775 g/mol. The Balaban J connectivity index is 1.03. The third-order valence-corrected chi connectivity index (χ3v) is 13.7. The number of ether oxygens (including phenoxy) is 2. The number of imide groups is 1. The Bertz CT molecular complexity index is 2150. The number of amides is 4. The summed E-state index contributed by atoms with van der Waals surface area (Å²) in [5.41, 5.74) is 0.830. The molecule has 0 spiro atoms. The van der Waals surface area contributed by atoms with Gasteiger partial charge < -0.3 is 30.7 Å². The first kappa shape index (κ1) is 42.0. The molecule has 13 nitrogen and oxygen atoms in total. The van der Waals surface area contributed by atoms with E-state index in [1.165, 1.54) is 0 Å². The van der Waals surface area contributed by atoms with Crippen molar-refractivity contribution in [3.05, 3.63) is 96.1 Å². The van der Waals surface area contributed by atoms with Gasteiger partial charge in [0.15, 0.2) is 0 Å². The third-order valence-electron chi connectivity index (χ3n) is 13.7. The second kappa shape index (κ2) is 18.5. The summed E-state index contributed by atoms with van der Waals surface area (Å²) in [5, 5.41) is 18.1. The first-order chi connectivity index (χ1) is 29.7. The van der Waals surface area contributed by atoms with Crippen molar-refractivity contribution in [2.75, 3.05) is 40.3 Å². The first-order valence-electron chi connectivity index (χ1n) is 21.7. The Hall–Kier alpha value is -5.66. The lowest BCUT2D eigenvalue weighted by molar-refractivity contribution is -0.147. The van der Waals surface area contributed by atoms with Crippen LogP contribution in [-0.4, -0.2) is 88.0 Å². The molecule has 10 unspecified atom stereocenters. The molecule has 0 radical (unpaired) electrons. The highest BCUT2D eigenvalue weighted by atomic mass is 16.5. The minimum atomic E-state index is -0.954. The minimum absolute atomic E-state index is 0.248. The molecule has 320 valence electrons. The van der Waals surface area contributed by atoms with Gasteiger partial charge >= 0.3 is 11.9 Å². The number of esters is 2. The molecule has 4 aliphatic rings. The topological polar surface area (TPSA) is 181 Å². The Morgan fingerprint density at radius 2 is 0.902 bits per heavy atom. The first-order valence-corrected chi connectivity index (χ1v) is 21.7. The van der Waals surface area contributed by atoms with Crippen LogP contribution in [0.2, 0.25) is 0 Å². The smallest absolute Gasteiger partial charge is 0.339 e. The second-order valence-electron chi connectivity index (χ2n) is 17.2. The van der Waals surface area contributed by atoms with Crippen molar-refractivity contribution in [2.24, 2.45) is 47.3 Å². The zero-order valence-corrected chi connectivity index (χ0v) is 34.7. The van der Waals surface area contributed by atoms with E-state index in [4.69, 9.17) is 9.47 Å².